The Kier molecular flexibility index (Phi) is 4.60. The molecule has 1 aliphatic heterocycles. The highest BCUT2D eigenvalue weighted by molar-refractivity contribution is 7.91. The minimum atomic E-state index is -3.34. The maximum atomic E-state index is 12.6. The summed E-state index contributed by atoms with van der Waals surface area (Å²) in [6.07, 6.45) is 1.85. The Morgan fingerprint density at radius 3 is 2.47 bits per heavy atom. The molecule has 5 nitrogen and oxygen atoms in total. The molecule has 0 spiro atoms. The highest BCUT2D eigenvalue weighted by Gasteiger charge is 2.31. The van der Waals surface area contributed by atoms with Gasteiger partial charge in [0.25, 0.3) is 10.0 Å². The number of hydrogen-bond donors (Lipinski definition) is 1. The molecular weight excluding hydrogens is 282 g/mol. The van der Waals surface area contributed by atoms with Gasteiger partial charge in [0.15, 0.2) is 4.21 Å². The monoisotopic (exact) mass is 303 g/mol. The zero-order chi connectivity index (χ0) is 14.0. The molecule has 1 fully saturated rings. The Morgan fingerprint density at radius 1 is 1.37 bits per heavy atom. The predicted octanol–water partition coefficient (Wildman–Crippen LogP) is 1.38. The topological polar surface area (TPSA) is 62.3 Å². The van der Waals surface area contributed by atoms with Crippen molar-refractivity contribution in [2.45, 2.75) is 30.9 Å². The molecule has 0 unspecified atom stereocenters. The second kappa shape index (κ2) is 5.87. The minimum Gasteiger partial charge on any atom is -0.319 e. The molecule has 0 aliphatic carbocycles. The van der Waals surface area contributed by atoms with Gasteiger partial charge in [0.2, 0.25) is 0 Å². The maximum absolute atomic E-state index is 12.6. The molecule has 1 aromatic heterocycles. The lowest BCUT2D eigenvalue weighted by Crippen LogP contribution is -2.40. The smallest absolute Gasteiger partial charge is 0.254 e. The average molecular weight is 303 g/mol. The molecule has 2 heterocycles. The third kappa shape index (κ3) is 3.16. The van der Waals surface area contributed by atoms with Crippen molar-refractivity contribution in [3.8, 4) is 0 Å². The second-order valence-electron chi connectivity index (χ2n) is 5.01. The minimum absolute atomic E-state index is 0.414. The molecule has 19 heavy (non-hydrogen) atoms. The van der Waals surface area contributed by atoms with Crippen LogP contribution in [0.5, 0.6) is 0 Å². The fourth-order valence-corrected chi connectivity index (χ4v) is 5.60. The largest absolute Gasteiger partial charge is 0.319 e. The van der Waals surface area contributed by atoms with E-state index in [4.69, 9.17) is 0 Å². The number of nitrogens with zero attached hydrogens (tertiary/aromatic N) is 2. The zero-order valence-electron chi connectivity index (χ0n) is 11.6. The molecule has 0 amide bonds. The molecule has 2 rings (SSSR count). The SMILES string of the molecule is CNCC1CCN(S(=O)(=O)c2sc(C)nc2C)CC1. The molecule has 1 aliphatic rings. The first kappa shape index (κ1) is 14.9. The van der Waals surface area contributed by atoms with Crippen molar-refractivity contribution < 1.29 is 8.42 Å². The number of aromatic nitrogens is 1. The van der Waals surface area contributed by atoms with Crippen LogP contribution in [0.2, 0.25) is 0 Å². The van der Waals surface area contributed by atoms with E-state index in [-0.39, 0.29) is 0 Å². The number of aryl methyl sites for hydroxylation is 2. The summed E-state index contributed by atoms with van der Waals surface area (Å²) in [5.74, 6) is 0.584. The number of sulfonamides is 1. The van der Waals surface area contributed by atoms with Crippen LogP contribution in [0.3, 0.4) is 0 Å². The molecule has 7 heteroatoms. The van der Waals surface area contributed by atoms with Gasteiger partial charge in [-0.1, -0.05) is 0 Å². The van der Waals surface area contributed by atoms with Crippen molar-refractivity contribution in [3.05, 3.63) is 10.7 Å². The first-order chi connectivity index (χ1) is 8.95. The third-order valence-electron chi connectivity index (χ3n) is 3.50. The lowest BCUT2D eigenvalue weighted by atomic mass is 9.98. The van der Waals surface area contributed by atoms with Crippen LogP contribution < -0.4 is 5.32 Å². The highest BCUT2D eigenvalue weighted by Crippen LogP contribution is 2.29. The van der Waals surface area contributed by atoms with E-state index in [0.717, 1.165) is 24.4 Å². The van der Waals surface area contributed by atoms with Crippen LogP contribution in [-0.4, -0.2) is 44.4 Å². The number of nitrogens with one attached hydrogen (secondary N) is 1. The standard InChI is InChI=1S/C12H21N3O2S2/c1-9-12(18-10(2)14-9)19(16,17)15-6-4-11(5-7-15)8-13-3/h11,13H,4-8H2,1-3H3. The number of thiazole rings is 1. The van der Waals surface area contributed by atoms with Crippen LogP contribution in [0.4, 0.5) is 0 Å². The molecular formula is C12H21N3O2S2. The van der Waals surface area contributed by atoms with Crippen LogP contribution >= 0.6 is 11.3 Å². The van der Waals surface area contributed by atoms with Crippen LogP contribution in [-0.2, 0) is 10.0 Å². The fourth-order valence-electron chi connectivity index (χ4n) is 2.51. The summed E-state index contributed by atoms with van der Waals surface area (Å²) < 4.78 is 27.2. The molecule has 1 saturated heterocycles. The van der Waals surface area contributed by atoms with E-state index in [1.807, 2.05) is 14.0 Å². The summed E-state index contributed by atoms with van der Waals surface area (Å²) in [6, 6.07) is 0. The normalized spacial score (nSPS) is 18.9. The van der Waals surface area contributed by atoms with Crippen molar-refractivity contribution in [2.75, 3.05) is 26.7 Å². The van der Waals surface area contributed by atoms with E-state index in [1.54, 1.807) is 11.2 Å². The van der Waals surface area contributed by atoms with Crippen molar-refractivity contribution in [3.63, 3.8) is 0 Å². The van der Waals surface area contributed by atoms with Crippen LogP contribution in [0.15, 0.2) is 4.21 Å². The summed E-state index contributed by atoms with van der Waals surface area (Å²) in [6.45, 7) is 5.81. The van der Waals surface area contributed by atoms with Gasteiger partial charge >= 0.3 is 0 Å². The van der Waals surface area contributed by atoms with E-state index in [1.165, 1.54) is 11.3 Å². The number of rotatable bonds is 4. The zero-order valence-corrected chi connectivity index (χ0v) is 13.3. The summed E-state index contributed by atoms with van der Waals surface area (Å²) in [7, 11) is -1.40. The van der Waals surface area contributed by atoms with Crippen molar-refractivity contribution >= 4 is 21.4 Å². The van der Waals surface area contributed by atoms with Gasteiger partial charge in [-0.15, -0.1) is 11.3 Å². The van der Waals surface area contributed by atoms with Crippen molar-refractivity contribution in [1.29, 1.82) is 0 Å². The van der Waals surface area contributed by atoms with E-state index in [9.17, 15) is 8.42 Å². The summed E-state index contributed by atoms with van der Waals surface area (Å²) >= 11 is 1.27. The average Bonchev–Trinajstić information content (AvgIpc) is 2.70. The van der Waals surface area contributed by atoms with Crippen molar-refractivity contribution in [1.82, 2.24) is 14.6 Å². The maximum Gasteiger partial charge on any atom is 0.254 e. The van der Waals surface area contributed by atoms with Crippen LogP contribution in [0.25, 0.3) is 0 Å². The van der Waals surface area contributed by atoms with E-state index in [2.05, 4.69) is 10.3 Å². The Balaban J connectivity index is 2.12. The lowest BCUT2D eigenvalue weighted by molar-refractivity contribution is 0.271. The first-order valence-corrected chi connectivity index (χ1v) is 8.79. The molecule has 0 aromatic carbocycles. The van der Waals surface area contributed by atoms with Gasteiger partial charge in [-0.3, -0.25) is 0 Å². The molecule has 0 bridgehead atoms. The van der Waals surface area contributed by atoms with Crippen LogP contribution in [0, 0.1) is 19.8 Å². The molecule has 108 valence electrons. The molecule has 0 saturated carbocycles. The van der Waals surface area contributed by atoms with E-state index < -0.39 is 10.0 Å². The van der Waals surface area contributed by atoms with Gasteiger partial charge in [0, 0.05) is 13.1 Å². The van der Waals surface area contributed by atoms with Gasteiger partial charge in [0.05, 0.1) is 10.7 Å². The van der Waals surface area contributed by atoms with Crippen molar-refractivity contribution in [2.24, 2.45) is 5.92 Å². The van der Waals surface area contributed by atoms with Gasteiger partial charge in [-0.2, -0.15) is 4.31 Å². The second-order valence-corrected chi connectivity index (χ2v) is 8.35. The summed E-state index contributed by atoms with van der Waals surface area (Å²) in [5.41, 5.74) is 0.625. The van der Waals surface area contributed by atoms with E-state index >= 15 is 0 Å². The summed E-state index contributed by atoms with van der Waals surface area (Å²) in [5, 5.41) is 3.97. The van der Waals surface area contributed by atoms with Gasteiger partial charge < -0.3 is 5.32 Å². The quantitative estimate of drug-likeness (QED) is 0.913. The van der Waals surface area contributed by atoms with Gasteiger partial charge in [-0.05, 0) is 46.2 Å². The Labute approximate surface area is 119 Å². The van der Waals surface area contributed by atoms with E-state index in [0.29, 0.717) is 28.9 Å². The van der Waals surface area contributed by atoms with Gasteiger partial charge in [-0.25, -0.2) is 13.4 Å². The number of hydrogen-bond acceptors (Lipinski definition) is 5. The van der Waals surface area contributed by atoms with Crippen LogP contribution in [0.1, 0.15) is 23.5 Å². The Hall–Kier alpha value is -0.500. The Bertz CT molecular complexity index is 531. The Morgan fingerprint density at radius 2 is 2.00 bits per heavy atom. The molecule has 0 atom stereocenters. The van der Waals surface area contributed by atoms with Gasteiger partial charge in [0.1, 0.15) is 0 Å². The fraction of sp³-hybridized carbons (Fsp3) is 0.750. The third-order valence-corrected chi connectivity index (χ3v) is 7.06. The highest BCUT2D eigenvalue weighted by atomic mass is 32.2. The predicted molar refractivity (Wildman–Crippen MR) is 77.0 cm³/mol. The first-order valence-electron chi connectivity index (χ1n) is 6.54. The molecule has 1 aromatic rings. The lowest BCUT2D eigenvalue weighted by Gasteiger charge is -2.30. The number of piperidine rings is 1. The molecule has 1 N–H and O–H groups in total. The summed E-state index contributed by atoms with van der Waals surface area (Å²) in [4.78, 5) is 4.22. The molecule has 0 radical (unpaired) electrons.